The largest absolute Gasteiger partial charge is 0.398 e. The third-order valence-electron chi connectivity index (χ3n) is 3.99. The maximum atomic E-state index is 12.0. The van der Waals surface area contributed by atoms with Gasteiger partial charge in [0.2, 0.25) is 0 Å². The molecule has 0 aliphatic heterocycles. The van der Waals surface area contributed by atoms with E-state index in [-0.39, 0.29) is 5.91 Å². The number of anilines is 1. The monoisotopic (exact) mass is 266 g/mol. The zero-order chi connectivity index (χ0) is 13.1. The second kappa shape index (κ2) is 5.74. The highest BCUT2D eigenvalue weighted by Gasteiger charge is 2.22. The van der Waals surface area contributed by atoms with Crippen molar-refractivity contribution in [1.29, 1.82) is 0 Å². The van der Waals surface area contributed by atoms with E-state index in [0.29, 0.717) is 5.92 Å². The molecular weight excluding hydrogens is 244 g/mol. The molecule has 0 saturated heterocycles. The van der Waals surface area contributed by atoms with Crippen molar-refractivity contribution in [2.24, 2.45) is 11.8 Å². The van der Waals surface area contributed by atoms with Crippen LogP contribution in [0.1, 0.15) is 47.2 Å². The maximum Gasteiger partial charge on any atom is 0.261 e. The first-order valence-electron chi connectivity index (χ1n) is 6.72. The smallest absolute Gasteiger partial charge is 0.261 e. The molecule has 1 amide bonds. The van der Waals surface area contributed by atoms with E-state index in [1.807, 2.05) is 6.92 Å². The van der Waals surface area contributed by atoms with E-state index in [1.54, 1.807) is 6.07 Å². The summed E-state index contributed by atoms with van der Waals surface area (Å²) in [6.45, 7) is 5.04. The molecule has 1 aromatic rings. The van der Waals surface area contributed by atoms with E-state index in [1.165, 1.54) is 37.0 Å². The molecule has 2 atom stereocenters. The Hall–Kier alpha value is -1.03. The quantitative estimate of drug-likeness (QED) is 0.882. The average molecular weight is 266 g/mol. The van der Waals surface area contributed by atoms with Gasteiger partial charge in [-0.25, -0.2) is 0 Å². The van der Waals surface area contributed by atoms with Gasteiger partial charge in [-0.3, -0.25) is 4.79 Å². The van der Waals surface area contributed by atoms with Crippen molar-refractivity contribution in [2.75, 3.05) is 12.3 Å². The summed E-state index contributed by atoms with van der Waals surface area (Å²) in [5.41, 5.74) is 6.49. The molecule has 2 unspecified atom stereocenters. The summed E-state index contributed by atoms with van der Waals surface area (Å²) >= 11 is 1.47. The summed E-state index contributed by atoms with van der Waals surface area (Å²) in [6.07, 6.45) is 5.18. The lowest BCUT2D eigenvalue weighted by Gasteiger charge is -2.28. The number of nitrogens with two attached hydrogens (primary N) is 1. The van der Waals surface area contributed by atoms with E-state index in [9.17, 15) is 4.79 Å². The van der Waals surface area contributed by atoms with Gasteiger partial charge in [0.1, 0.15) is 0 Å². The summed E-state index contributed by atoms with van der Waals surface area (Å²) in [5.74, 6) is 1.40. The molecular formula is C14H22N2OS. The molecule has 1 aliphatic rings. The van der Waals surface area contributed by atoms with Crippen LogP contribution in [0.2, 0.25) is 0 Å². The van der Waals surface area contributed by atoms with Crippen LogP contribution >= 0.6 is 11.3 Å². The van der Waals surface area contributed by atoms with Crippen molar-refractivity contribution in [3.8, 4) is 0 Å². The number of rotatable bonds is 3. The molecule has 3 N–H and O–H groups in total. The van der Waals surface area contributed by atoms with Gasteiger partial charge in [-0.05, 0) is 31.2 Å². The Morgan fingerprint density at radius 3 is 2.83 bits per heavy atom. The Labute approximate surface area is 113 Å². The van der Waals surface area contributed by atoms with Crippen LogP contribution in [-0.4, -0.2) is 12.5 Å². The first kappa shape index (κ1) is 13.4. The van der Waals surface area contributed by atoms with Gasteiger partial charge in [-0.15, -0.1) is 11.3 Å². The van der Waals surface area contributed by atoms with Crippen LogP contribution < -0.4 is 11.1 Å². The zero-order valence-electron chi connectivity index (χ0n) is 11.2. The lowest BCUT2D eigenvalue weighted by Crippen LogP contribution is -2.33. The van der Waals surface area contributed by atoms with E-state index in [2.05, 4.69) is 12.2 Å². The Bertz CT molecular complexity index is 408. The third-order valence-corrected chi connectivity index (χ3v) is 5.06. The van der Waals surface area contributed by atoms with Crippen molar-refractivity contribution < 1.29 is 4.79 Å². The number of hydrogen-bond donors (Lipinski definition) is 2. The zero-order valence-corrected chi connectivity index (χ0v) is 12.0. The first-order chi connectivity index (χ1) is 8.58. The highest BCUT2D eigenvalue weighted by atomic mass is 32.1. The van der Waals surface area contributed by atoms with E-state index >= 15 is 0 Å². The summed E-state index contributed by atoms with van der Waals surface area (Å²) in [6, 6.07) is 1.78. The third kappa shape index (κ3) is 3.05. The molecule has 100 valence electrons. The minimum atomic E-state index is 0.0255. The molecule has 1 aliphatic carbocycles. The molecule has 0 spiro atoms. The van der Waals surface area contributed by atoms with Crippen LogP contribution in [0, 0.1) is 18.8 Å². The highest BCUT2D eigenvalue weighted by molar-refractivity contribution is 7.14. The SMILES string of the molecule is Cc1sc(C(=O)NCC2CCCCC2C)cc1N. The predicted octanol–water partition coefficient (Wildman–Crippen LogP) is 3.19. The fraction of sp³-hybridized carbons (Fsp3) is 0.643. The molecule has 18 heavy (non-hydrogen) atoms. The fourth-order valence-electron chi connectivity index (χ4n) is 2.62. The Morgan fingerprint density at radius 1 is 1.50 bits per heavy atom. The van der Waals surface area contributed by atoms with Crippen LogP contribution in [0.25, 0.3) is 0 Å². The van der Waals surface area contributed by atoms with Gasteiger partial charge >= 0.3 is 0 Å². The minimum Gasteiger partial charge on any atom is -0.398 e. The molecule has 1 heterocycles. The number of hydrogen-bond acceptors (Lipinski definition) is 3. The average Bonchev–Trinajstić information content (AvgIpc) is 2.68. The van der Waals surface area contributed by atoms with Crippen LogP contribution in [0.3, 0.4) is 0 Å². The fourth-order valence-corrected chi connectivity index (χ4v) is 3.47. The van der Waals surface area contributed by atoms with Gasteiger partial charge in [0.25, 0.3) is 5.91 Å². The number of thiophene rings is 1. The van der Waals surface area contributed by atoms with Gasteiger partial charge in [-0.1, -0.05) is 26.2 Å². The number of carbonyl (C=O) groups is 1. The molecule has 0 radical (unpaired) electrons. The Balaban J connectivity index is 1.88. The summed E-state index contributed by atoms with van der Waals surface area (Å²) in [5, 5.41) is 3.06. The van der Waals surface area contributed by atoms with Crippen molar-refractivity contribution >= 4 is 22.9 Å². The molecule has 0 bridgehead atoms. The number of amides is 1. The molecule has 2 rings (SSSR count). The lowest BCUT2D eigenvalue weighted by molar-refractivity contribution is 0.0940. The summed E-state index contributed by atoms with van der Waals surface area (Å²) in [7, 11) is 0. The molecule has 1 fully saturated rings. The van der Waals surface area contributed by atoms with Crippen molar-refractivity contribution in [3.05, 3.63) is 15.8 Å². The Morgan fingerprint density at radius 2 is 2.22 bits per heavy atom. The number of nitrogens with one attached hydrogen (secondary N) is 1. The molecule has 3 nitrogen and oxygen atoms in total. The predicted molar refractivity (Wildman–Crippen MR) is 76.9 cm³/mol. The Kier molecular flexibility index (Phi) is 4.27. The first-order valence-corrected chi connectivity index (χ1v) is 7.53. The molecule has 1 saturated carbocycles. The van der Waals surface area contributed by atoms with Crippen LogP contribution in [-0.2, 0) is 0 Å². The van der Waals surface area contributed by atoms with Crippen molar-refractivity contribution in [3.63, 3.8) is 0 Å². The normalized spacial score (nSPS) is 23.9. The van der Waals surface area contributed by atoms with Crippen LogP contribution in [0.4, 0.5) is 5.69 Å². The summed E-state index contributed by atoms with van der Waals surface area (Å²) < 4.78 is 0. The van der Waals surface area contributed by atoms with Gasteiger partial charge in [-0.2, -0.15) is 0 Å². The maximum absolute atomic E-state index is 12.0. The summed E-state index contributed by atoms with van der Waals surface area (Å²) in [4.78, 5) is 13.8. The molecule has 0 aromatic carbocycles. The number of nitrogen functional groups attached to an aromatic ring is 1. The van der Waals surface area contributed by atoms with Crippen molar-refractivity contribution in [1.82, 2.24) is 5.32 Å². The van der Waals surface area contributed by atoms with E-state index in [4.69, 9.17) is 5.73 Å². The van der Waals surface area contributed by atoms with E-state index < -0.39 is 0 Å². The lowest BCUT2D eigenvalue weighted by atomic mass is 9.80. The van der Waals surface area contributed by atoms with Gasteiger partial charge in [0.05, 0.1) is 4.88 Å². The molecule has 1 aromatic heterocycles. The number of aryl methyl sites for hydroxylation is 1. The second-order valence-electron chi connectivity index (χ2n) is 5.35. The van der Waals surface area contributed by atoms with Gasteiger partial charge < -0.3 is 11.1 Å². The standard InChI is InChI=1S/C14H22N2OS/c1-9-5-3-4-6-11(9)8-16-14(17)13-7-12(15)10(2)18-13/h7,9,11H,3-6,8,15H2,1-2H3,(H,16,17). The minimum absolute atomic E-state index is 0.0255. The van der Waals surface area contributed by atoms with Crippen LogP contribution in [0.5, 0.6) is 0 Å². The number of carbonyl (C=O) groups excluding carboxylic acids is 1. The van der Waals surface area contributed by atoms with Crippen LogP contribution in [0.15, 0.2) is 6.07 Å². The van der Waals surface area contributed by atoms with Gasteiger partial charge in [0, 0.05) is 17.1 Å². The second-order valence-corrected chi connectivity index (χ2v) is 6.61. The van der Waals surface area contributed by atoms with Gasteiger partial charge in [0.15, 0.2) is 0 Å². The van der Waals surface area contributed by atoms with E-state index in [0.717, 1.165) is 27.9 Å². The van der Waals surface area contributed by atoms with Crippen molar-refractivity contribution in [2.45, 2.75) is 39.5 Å². The topological polar surface area (TPSA) is 55.1 Å². The molecule has 4 heteroatoms. The highest BCUT2D eigenvalue weighted by Crippen LogP contribution is 2.29.